The van der Waals surface area contributed by atoms with E-state index in [0.717, 1.165) is 11.6 Å². The lowest BCUT2D eigenvalue weighted by molar-refractivity contribution is -0.116. The minimum absolute atomic E-state index is 0.0199. The van der Waals surface area contributed by atoms with Crippen LogP contribution in [0.4, 0.5) is 4.39 Å². The van der Waals surface area contributed by atoms with Crippen LogP contribution in [-0.2, 0) is 14.4 Å². The average Bonchev–Trinajstić information content (AvgIpc) is 2.82. The first-order chi connectivity index (χ1) is 16.4. The Morgan fingerprint density at radius 2 is 1.91 bits per heavy atom. The SMILES string of the molecule is CCO/N=C(\CC)C1=C(O)CC(c2cccc(Oc3ccc(C(=O)OCC)cc3F)c2)CC1=O. The molecule has 0 saturated heterocycles. The number of ketones is 1. The molecular weight excluding hydrogens is 441 g/mol. The fourth-order valence-electron chi connectivity index (χ4n) is 3.77. The summed E-state index contributed by atoms with van der Waals surface area (Å²) in [4.78, 5) is 29.7. The number of hydrogen-bond donors (Lipinski definition) is 1. The maximum absolute atomic E-state index is 14.5. The largest absolute Gasteiger partial charge is 0.511 e. The summed E-state index contributed by atoms with van der Waals surface area (Å²) in [5, 5.41) is 14.6. The number of hydrogen-bond acceptors (Lipinski definition) is 7. The molecule has 1 aliphatic rings. The Bertz CT molecular complexity index is 1120. The number of rotatable bonds is 9. The van der Waals surface area contributed by atoms with Crippen molar-refractivity contribution in [2.24, 2.45) is 5.16 Å². The zero-order valence-corrected chi connectivity index (χ0v) is 19.5. The van der Waals surface area contributed by atoms with E-state index in [0.29, 0.717) is 24.5 Å². The van der Waals surface area contributed by atoms with E-state index < -0.39 is 11.8 Å². The number of halogens is 1. The van der Waals surface area contributed by atoms with E-state index >= 15 is 0 Å². The van der Waals surface area contributed by atoms with Gasteiger partial charge in [-0.25, -0.2) is 9.18 Å². The van der Waals surface area contributed by atoms with Gasteiger partial charge in [-0.1, -0.05) is 24.2 Å². The molecule has 0 heterocycles. The van der Waals surface area contributed by atoms with Gasteiger partial charge in [0.2, 0.25) is 0 Å². The molecule has 3 rings (SSSR count). The molecule has 0 amide bonds. The van der Waals surface area contributed by atoms with Gasteiger partial charge in [0.1, 0.15) is 18.1 Å². The molecule has 0 aromatic heterocycles. The van der Waals surface area contributed by atoms with Crippen LogP contribution in [-0.4, -0.2) is 35.8 Å². The molecule has 1 N–H and O–H groups in total. The number of carbonyl (C=O) groups excluding carboxylic acids is 2. The number of aliphatic hydroxyl groups excluding tert-OH is 1. The van der Waals surface area contributed by atoms with Crippen LogP contribution in [0.25, 0.3) is 0 Å². The zero-order chi connectivity index (χ0) is 24.7. The van der Waals surface area contributed by atoms with E-state index in [1.54, 1.807) is 32.0 Å². The van der Waals surface area contributed by atoms with Crippen LogP contribution in [0.1, 0.15) is 61.9 Å². The second-order valence-electron chi connectivity index (χ2n) is 7.70. The number of ether oxygens (including phenoxy) is 2. The van der Waals surface area contributed by atoms with Crippen LogP contribution in [0.15, 0.2) is 59.0 Å². The summed E-state index contributed by atoms with van der Waals surface area (Å²) in [5.74, 6) is -1.48. The first-order valence-corrected chi connectivity index (χ1v) is 11.3. The van der Waals surface area contributed by atoms with Crippen molar-refractivity contribution < 1.29 is 33.4 Å². The molecule has 0 bridgehead atoms. The van der Waals surface area contributed by atoms with E-state index in [4.69, 9.17) is 14.3 Å². The molecule has 7 nitrogen and oxygen atoms in total. The minimum Gasteiger partial charge on any atom is -0.511 e. The summed E-state index contributed by atoms with van der Waals surface area (Å²) in [6, 6.07) is 10.8. The number of nitrogens with zero attached hydrogens (tertiary/aromatic N) is 1. The molecule has 34 heavy (non-hydrogen) atoms. The van der Waals surface area contributed by atoms with Crippen molar-refractivity contribution >= 4 is 17.5 Å². The first-order valence-electron chi connectivity index (χ1n) is 11.3. The molecule has 8 heteroatoms. The number of carbonyl (C=O) groups is 2. The summed E-state index contributed by atoms with van der Waals surface area (Å²) in [6.45, 7) is 5.87. The van der Waals surface area contributed by atoms with E-state index in [-0.39, 0.29) is 53.8 Å². The van der Waals surface area contributed by atoms with Crippen LogP contribution >= 0.6 is 0 Å². The van der Waals surface area contributed by atoms with Gasteiger partial charge in [0.15, 0.2) is 17.3 Å². The summed E-state index contributed by atoms with van der Waals surface area (Å²) in [5.41, 5.74) is 1.53. The van der Waals surface area contributed by atoms with Gasteiger partial charge in [-0.15, -0.1) is 0 Å². The lowest BCUT2D eigenvalue weighted by Crippen LogP contribution is -2.23. The quantitative estimate of drug-likeness (QED) is 0.281. The minimum atomic E-state index is -0.699. The van der Waals surface area contributed by atoms with Crippen molar-refractivity contribution in [3.63, 3.8) is 0 Å². The van der Waals surface area contributed by atoms with E-state index in [9.17, 15) is 19.1 Å². The van der Waals surface area contributed by atoms with Crippen LogP contribution in [0.2, 0.25) is 0 Å². The van der Waals surface area contributed by atoms with Gasteiger partial charge >= 0.3 is 5.97 Å². The van der Waals surface area contributed by atoms with E-state index in [1.165, 1.54) is 12.1 Å². The Balaban J connectivity index is 1.79. The highest BCUT2D eigenvalue weighted by Crippen LogP contribution is 2.36. The Morgan fingerprint density at radius 1 is 1.12 bits per heavy atom. The molecule has 0 spiro atoms. The van der Waals surface area contributed by atoms with Crippen LogP contribution in [0.5, 0.6) is 11.5 Å². The highest BCUT2D eigenvalue weighted by molar-refractivity contribution is 6.23. The highest BCUT2D eigenvalue weighted by atomic mass is 19.1. The molecule has 0 radical (unpaired) electrons. The van der Waals surface area contributed by atoms with Crippen molar-refractivity contribution in [1.82, 2.24) is 0 Å². The van der Waals surface area contributed by atoms with Gasteiger partial charge in [0.05, 0.1) is 23.5 Å². The molecule has 180 valence electrons. The zero-order valence-electron chi connectivity index (χ0n) is 19.5. The first kappa shape index (κ1) is 25.0. The fourth-order valence-corrected chi connectivity index (χ4v) is 3.77. The number of aliphatic hydroxyl groups is 1. The number of Topliss-reactive ketones (excluding diaryl/α,β-unsaturated/α-hetero) is 1. The number of oxime groups is 1. The molecule has 0 saturated carbocycles. The third kappa shape index (κ3) is 5.81. The van der Waals surface area contributed by atoms with Gasteiger partial charge < -0.3 is 19.4 Å². The van der Waals surface area contributed by atoms with Gasteiger partial charge in [-0.2, -0.15) is 0 Å². The Kier molecular flexibility index (Phi) is 8.40. The van der Waals surface area contributed by atoms with E-state index in [1.807, 2.05) is 13.0 Å². The van der Waals surface area contributed by atoms with Crippen molar-refractivity contribution in [2.75, 3.05) is 13.2 Å². The molecule has 1 aliphatic carbocycles. The van der Waals surface area contributed by atoms with E-state index in [2.05, 4.69) is 5.16 Å². The number of esters is 1. The maximum atomic E-state index is 14.5. The summed E-state index contributed by atoms with van der Waals surface area (Å²) in [7, 11) is 0. The molecule has 1 atom stereocenters. The second kappa shape index (κ2) is 11.4. The van der Waals surface area contributed by atoms with Crippen LogP contribution < -0.4 is 4.74 Å². The molecule has 1 unspecified atom stereocenters. The normalized spacial score (nSPS) is 16.4. The lowest BCUT2D eigenvalue weighted by Gasteiger charge is -2.24. The molecule has 0 fully saturated rings. The lowest BCUT2D eigenvalue weighted by atomic mass is 9.81. The molecule has 0 aliphatic heterocycles. The Hall–Kier alpha value is -3.68. The Morgan fingerprint density at radius 3 is 2.56 bits per heavy atom. The molecule has 2 aromatic carbocycles. The number of allylic oxidation sites excluding steroid dienone is 2. The van der Waals surface area contributed by atoms with Crippen molar-refractivity contribution in [2.45, 2.75) is 46.0 Å². The summed E-state index contributed by atoms with van der Waals surface area (Å²) in [6.07, 6.45) is 0.911. The maximum Gasteiger partial charge on any atom is 0.338 e. The topological polar surface area (TPSA) is 94.4 Å². The summed E-state index contributed by atoms with van der Waals surface area (Å²) >= 11 is 0. The monoisotopic (exact) mass is 469 g/mol. The predicted octanol–water partition coefficient (Wildman–Crippen LogP) is 5.86. The van der Waals surface area contributed by atoms with Crippen molar-refractivity contribution in [3.8, 4) is 11.5 Å². The standard InChI is InChI=1S/C26H28FNO6/c1-4-21(28-33-6-3)25-22(29)14-18(15-23(25)30)16-8-7-9-19(12-16)34-24-11-10-17(13-20(24)27)26(31)32-5-2/h7-13,18,29H,4-6,14-15H2,1-3H3/b28-21+. The fraction of sp³-hybridized carbons (Fsp3) is 0.346. The smallest absolute Gasteiger partial charge is 0.338 e. The van der Waals surface area contributed by atoms with Gasteiger partial charge in [-0.05, 0) is 62.1 Å². The van der Waals surface area contributed by atoms with Gasteiger partial charge in [-0.3, -0.25) is 4.79 Å². The second-order valence-corrected chi connectivity index (χ2v) is 7.70. The van der Waals surface area contributed by atoms with Crippen molar-refractivity contribution in [3.05, 3.63) is 70.7 Å². The third-order valence-electron chi connectivity index (χ3n) is 5.37. The molecular formula is C26H28FNO6. The van der Waals surface area contributed by atoms with Gasteiger partial charge in [0.25, 0.3) is 0 Å². The Labute approximate surface area is 197 Å². The molecule has 2 aromatic rings. The van der Waals surface area contributed by atoms with Crippen LogP contribution in [0.3, 0.4) is 0 Å². The average molecular weight is 470 g/mol. The predicted molar refractivity (Wildman–Crippen MR) is 125 cm³/mol. The number of benzene rings is 2. The highest BCUT2D eigenvalue weighted by Gasteiger charge is 2.31. The van der Waals surface area contributed by atoms with Gasteiger partial charge in [0, 0.05) is 12.8 Å². The third-order valence-corrected chi connectivity index (χ3v) is 5.37. The van der Waals surface area contributed by atoms with Crippen LogP contribution in [0, 0.1) is 5.82 Å². The van der Waals surface area contributed by atoms with Crippen molar-refractivity contribution in [1.29, 1.82) is 0 Å². The summed E-state index contributed by atoms with van der Waals surface area (Å²) < 4.78 is 25.1.